The molecule has 1 aromatic rings. The zero-order valence-corrected chi connectivity index (χ0v) is 16.5. The van der Waals surface area contributed by atoms with Gasteiger partial charge in [-0.25, -0.2) is 8.42 Å². The van der Waals surface area contributed by atoms with Crippen molar-refractivity contribution in [2.45, 2.75) is 30.6 Å². The Morgan fingerprint density at radius 2 is 1.61 bits per heavy atom. The fourth-order valence-electron chi connectivity index (χ4n) is 3.39. The van der Waals surface area contributed by atoms with E-state index in [1.165, 1.54) is 40.7 Å². The van der Waals surface area contributed by atoms with Gasteiger partial charge in [-0.1, -0.05) is 25.0 Å². The summed E-state index contributed by atoms with van der Waals surface area (Å²) in [5, 5.41) is 12.0. The molecule has 0 saturated heterocycles. The Morgan fingerprint density at radius 1 is 1.07 bits per heavy atom. The van der Waals surface area contributed by atoms with Crippen LogP contribution in [0.2, 0.25) is 0 Å². The largest absolute Gasteiger partial charge is 0.481 e. The summed E-state index contributed by atoms with van der Waals surface area (Å²) in [5.41, 5.74) is 0.428. The quantitative estimate of drug-likeness (QED) is 0.614. The molecule has 1 aliphatic carbocycles. The van der Waals surface area contributed by atoms with E-state index in [2.05, 4.69) is 18.5 Å². The normalized spacial score (nSPS) is 19.8. The average Bonchev–Trinajstić information content (AvgIpc) is 2.68. The molecule has 1 aromatic carbocycles. The highest BCUT2D eigenvalue weighted by Gasteiger charge is 2.35. The summed E-state index contributed by atoms with van der Waals surface area (Å²) in [6, 6.07) is 5.84. The van der Waals surface area contributed by atoms with Crippen LogP contribution >= 0.6 is 0 Å². The molecule has 2 rings (SSSR count). The summed E-state index contributed by atoms with van der Waals surface area (Å²) in [6.45, 7) is 7.46. The Balaban J connectivity index is 2.13. The predicted molar refractivity (Wildman–Crippen MR) is 107 cm³/mol. The summed E-state index contributed by atoms with van der Waals surface area (Å²) < 4.78 is 26.6. The van der Waals surface area contributed by atoms with Gasteiger partial charge in [0.05, 0.1) is 16.7 Å². The lowest BCUT2D eigenvalue weighted by Gasteiger charge is -2.27. The Labute approximate surface area is 165 Å². The molecule has 2 atom stereocenters. The molecule has 1 saturated carbocycles. The standard InChI is InChI=1S/C20H26N2O5S/c1-3-13-22(14-4-2)28(26,27)16-11-9-15(10-12-16)21-19(23)17-7-5-6-8-18(17)20(24)25/h3-4,9-12,17-18H,1-2,5-8,13-14H2,(H,21,23)(H,24,25)/t17-,18-/m0/s1. The number of rotatable bonds is 9. The van der Waals surface area contributed by atoms with Crippen molar-refractivity contribution in [3.63, 3.8) is 0 Å². The molecule has 0 aromatic heterocycles. The number of benzene rings is 1. The molecule has 8 heteroatoms. The number of hydrogen-bond acceptors (Lipinski definition) is 4. The first-order chi connectivity index (χ1) is 13.3. The average molecular weight is 407 g/mol. The Morgan fingerprint density at radius 3 is 2.11 bits per heavy atom. The van der Waals surface area contributed by atoms with E-state index in [1.54, 1.807) is 0 Å². The predicted octanol–water partition coefficient (Wildman–Crippen LogP) is 2.88. The molecule has 2 N–H and O–H groups in total. The first kappa shape index (κ1) is 21.8. The van der Waals surface area contributed by atoms with Crippen LogP contribution in [0.5, 0.6) is 0 Å². The molecule has 28 heavy (non-hydrogen) atoms. The lowest BCUT2D eigenvalue weighted by atomic mass is 9.78. The molecule has 7 nitrogen and oxygen atoms in total. The molecule has 152 valence electrons. The number of nitrogens with zero attached hydrogens (tertiary/aromatic N) is 1. The van der Waals surface area contributed by atoms with Crippen LogP contribution in [0.15, 0.2) is 54.5 Å². The lowest BCUT2D eigenvalue weighted by molar-refractivity contribution is -0.147. The fourth-order valence-corrected chi connectivity index (χ4v) is 4.77. The van der Waals surface area contributed by atoms with E-state index in [9.17, 15) is 23.1 Å². The van der Waals surface area contributed by atoms with Crippen molar-refractivity contribution in [1.29, 1.82) is 0 Å². The van der Waals surface area contributed by atoms with Crippen LogP contribution in [-0.4, -0.2) is 42.8 Å². The Bertz CT molecular complexity index is 823. The Kier molecular flexibility index (Phi) is 7.53. The van der Waals surface area contributed by atoms with Gasteiger partial charge in [0.15, 0.2) is 0 Å². The second-order valence-corrected chi connectivity index (χ2v) is 8.69. The van der Waals surface area contributed by atoms with Gasteiger partial charge in [0.1, 0.15) is 0 Å². The van der Waals surface area contributed by atoms with Gasteiger partial charge >= 0.3 is 5.97 Å². The fraction of sp³-hybridized carbons (Fsp3) is 0.400. The second-order valence-electron chi connectivity index (χ2n) is 6.75. The van der Waals surface area contributed by atoms with Crippen molar-refractivity contribution in [1.82, 2.24) is 4.31 Å². The van der Waals surface area contributed by atoms with Gasteiger partial charge in [-0.3, -0.25) is 9.59 Å². The third-order valence-electron chi connectivity index (χ3n) is 4.85. The maximum Gasteiger partial charge on any atom is 0.307 e. The summed E-state index contributed by atoms with van der Waals surface area (Å²) >= 11 is 0. The minimum atomic E-state index is -3.71. The first-order valence-corrected chi connectivity index (χ1v) is 10.6. The number of carbonyl (C=O) groups excluding carboxylic acids is 1. The Hall–Kier alpha value is -2.45. The maximum absolute atomic E-state index is 12.7. The third kappa shape index (κ3) is 5.08. The van der Waals surface area contributed by atoms with Crippen LogP contribution in [-0.2, 0) is 19.6 Å². The SMILES string of the molecule is C=CCN(CC=C)S(=O)(=O)c1ccc(NC(=O)[C@H]2CCCC[C@@H]2C(=O)O)cc1. The number of nitrogens with one attached hydrogen (secondary N) is 1. The first-order valence-electron chi connectivity index (χ1n) is 9.17. The summed E-state index contributed by atoms with van der Waals surface area (Å²) in [4.78, 5) is 24.0. The highest BCUT2D eigenvalue weighted by atomic mass is 32.2. The van der Waals surface area contributed by atoms with E-state index in [0.717, 1.165) is 12.8 Å². The smallest absolute Gasteiger partial charge is 0.307 e. The van der Waals surface area contributed by atoms with Crippen molar-refractivity contribution in [2.75, 3.05) is 18.4 Å². The molecule has 0 spiro atoms. The second kappa shape index (κ2) is 9.66. The van der Waals surface area contributed by atoms with Gasteiger partial charge < -0.3 is 10.4 Å². The number of carboxylic acid groups (broad SMARTS) is 1. The summed E-state index contributed by atoms with van der Waals surface area (Å²) in [6.07, 6.45) is 5.65. The minimum absolute atomic E-state index is 0.0928. The van der Waals surface area contributed by atoms with Crippen LogP contribution in [0, 0.1) is 11.8 Å². The van der Waals surface area contributed by atoms with Crippen molar-refractivity contribution < 1.29 is 23.1 Å². The summed E-state index contributed by atoms with van der Waals surface area (Å²) in [7, 11) is -3.71. The van der Waals surface area contributed by atoms with Crippen molar-refractivity contribution in [2.24, 2.45) is 11.8 Å². The molecule has 0 heterocycles. The van der Waals surface area contributed by atoms with E-state index in [4.69, 9.17) is 0 Å². The minimum Gasteiger partial charge on any atom is -0.481 e. The van der Waals surface area contributed by atoms with Gasteiger partial charge in [0.2, 0.25) is 15.9 Å². The van der Waals surface area contributed by atoms with Crippen LogP contribution < -0.4 is 5.32 Å². The van der Waals surface area contributed by atoms with Gasteiger partial charge in [0, 0.05) is 18.8 Å². The number of amides is 1. The molecule has 1 fully saturated rings. The highest BCUT2D eigenvalue weighted by Crippen LogP contribution is 2.31. The summed E-state index contributed by atoms with van der Waals surface area (Å²) in [5.74, 6) is -2.56. The van der Waals surface area contributed by atoms with Crippen molar-refractivity contribution in [3.05, 3.63) is 49.6 Å². The van der Waals surface area contributed by atoms with Crippen LogP contribution in [0.4, 0.5) is 5.69 Å². The number of hydrogen-bond donors (Lipinski definition) is 2. The molecule has 1 aliphatic rings. The van der Waals surface area contributed by atoms with Crippen LogP contribution in [0.3, 0.4) is 0 Å². The highest BCUT2D eigenvalue weighted by molar-refractivity contribution is 7.89. The van der Waals surface area contributed by atoms with Crippen molar-refractivity contribution >= 4 is 27.6 Å². The van der Waals surface area contributed by atoms with Gasteiger partial charge in [-0.05, 0) is 37.1 Å². The van der Waals surface area contributed by atoms with E-state index < -0.39 is 27.8 Å². The van der Waals surface area contributed by atoms with Gasteiger partial charge in [-0.15, -0.1) is 13.2 Å². The topological polar surface area (TPSA) is 104 Å². The number of carbonyl (C=O) groups is 2. The van der Waals surface area contributed by atoms with Crippen LogP contribution in [0.1, 0.15) is 25.7 Å². The van der Waals surface area contributed by atoms with Crippen LogP contribution in [0.25, 0.3) is 0 Å². The molecule has 0 bridgehead atoms. The number of sulfonamides is 1. The van der Waals surface area contributed by atoms with E-state index in [0.29, 0.717) is 18.5 Å². The number of aliphatic carboxylic acids is 1. The van der Waals surface area contributed by atoms with Crippen molar-refractivity contribution in [3.8, 4) is 0 Å². The molecule has 0 unspecified atom stereocenters. The van der Waals surface area contributed by atoms with Gasteiger partial charge in [0.25, 0.3) is 0 Å². The van der Waals surface area contributed by atoms with Gasteiger partial charge in [-0.2, -0.15) is 4.31 Å². The lowest BCUT2D eigenvalue weighted by Crippen LogP contribution is -2.36. The number of carboxylic acids is 1. The maximum atomic E-state index is 12.7. The monoisotopic (exact) mass is 406 g/mol. The molecular weight excluding hydrogens is 380 g/mol. The third-order valence-corrected chi connectivity index (χ3v) is 6.69. The van der Waals surface area contributed by atoms with E-state index in [-0.39, 0.29) is 23.9 Å². The molecular formula is C20H26N2O5S. The zero-order valence-electron chi connectivity index (χ0n) is 15.7. The van der Waals surface area contributed by atoms with E-state index in [1.807, 2.05) is 0 Å². The number of anilines is 1. The van der Waals surface area contributed by atoms with E-state index >= 15 is 0 Å². The molecule has 0 radical (unpaired) electrons. The molecule has 0 aliphatic heterocycles. The molecule has 1 amide bonds. The zero-order chi connectivity index (χ0) is 20.7.